The summed E-state index contributed by atoms with van der Waals surface area (Å²) in [6.45, 7) is 9.01. The maximum atomic E-state index is 12.5. The number of thiophene rings is 1. The smallest absolute Gasteiger partial charge is 0.261 e. The van der Waals surface area contributed by atoms with E-state index in [9.17, 15) is 4.79 Å². The van der Waals surface area contributed by atoms with Gasteiger partial charge in [-0.25, -0.2) is 0 Å². The first-order chi connectivity index (χ1) is 12.8. The molecule has 0 bridgehead atoms. The zero-order valence-corrected chi connectivity index (χ0v) is 17.2. The summed E-state index contributed by atoms with van der Waals surface area (Å²) in [6.07, 6.45) is 0. The topological polar surface area (TPSA) is 56.1 Å². The average molecular weight is 384 g/mol. The number of nitrogens with one attached hydrogen (secondary N) is 1. The number of rotatable bonds is 6. The summed E-state index contributed by atoms with van der Waals surface area (Å²) in [4.78, 5) is 13.1. The number of carbonyl (C=O) groups excluding carboxylic acids is 1. The predicted octanol–water partition coefficient (Wildman–Crippen LogP) is 4.22. The first-order valence-electron chi connectivity index (χ1n) is 8.89. The van der Waals surface area contributed by atoms with Crippen molar-refractivity contribution < 1.29 is 9.53 Å². The van der Waals surface area contributed by atoms with Crippen molar-refractivity contribution in [1.29, 1.82) is 0 Å². The summed E-state index contributed by atoms with van der Waals surface area (Å²) < 4.78 is 7.71. The molecule has 0 saturated carbocycles. The lowest BCUT2D eigenvalue weighted by molar-refractivity contribution is 0.0955. The van der Waals surface area contributed by atoms with Gasteiger partial charge in [0.2, 0.25) is 0 Å². The Balaban J connectivity index is 1.58. The van der Waals surface area contributed by atoms with Gasteiger partial charge >= 0.3 is 0 Å². The molecule has 3 aromatic rings. The molecule has 0 aliphatic carbocycles. The lowest BCUT2D eigenvalue weighted by atomic mass is 10.1. The van der Waals surface area contributed by atoms with Gasteiger partial charge in [0.25, 0.3) is 5.91 Å². The number of carbonyl (C=O) groups is 1. The second-order valence-corrected chi connectivity index (χ2v) is 7.80. The zero-order chi connectivity index (χ0) is 19.6. The molecule has 3 rings (SSSR count). The molecule has 5 nitrogen and oxygen atoms in total. The molecule has 0 atom stereocenters. The molecule has 0 saturated heterocycles. The van der Waals surface area contributed by atoms with Gasteiger partial charge in [0.05, 0.1) is 10.6 Å². The number of hydrogen-bond acceptors (Lipinski definition) is 4. The highest BCUT2D eigenvalue weighted by Crippen LogP contribution is 2.20. The van der Waals surface area contributed by atoms with Crippen LogP contribution in [0.2, 0.25) is 0 Å². The van der Waals surface area contributed by atoms with Gasteiger partial charge in [-0.1, -0.05) is 6.07 Å². The van der Waals surface area contributed by atoms with Crippen molar-refractivity contribution >= 4 is 17.2 Å². The Morgan fingerprint density at radius 2 is 1.85 bits per heavy atom. The van der Waals surface area contributed by atoms with Gasteiger partial charge in [-0.15, -0.1) is 11.3 Å². The van der Waals surface area contributed by atoms with Crippen LogP contribution < -0.4 is 10.1 Å². The first kappa shape index (κ1) is 19.2. The third-order valence-corrected chi connectivity index (χ3v) is 5.54. The van der Waals surface area contributed by atoms with E-state index in [0.717, 1.165) is 28.3 Å². The molecule has 142 valence electrons. The summed E-state index contributed by atoms with van der Waals surface area (Å²) in [5, 5.41) is 9.34. The molecule has 6 heteroatoms. The molecular formula is C21H25N3O2S. The highest BCUT2D eigenvalue weighted by Gasteiger charge is 2.13. The zero-order valence-electron chi connectivity index (χ0n) is 16.4. The van der Waals surface area contributed by atoms with E-state index >= 15 is 0 Å². The number of aryl methyl sites for hydroxylation is 4. The molecule has 2 heterocycles. The van der Waals surface area contributed by atoms with Crippen molar-refractivity contribution in [2.45, 2.75) is 40.8 Å². The van der Waals surface area contributed by atoms with Crippen LogP contribution in [0.5, 0.6) is 5.75 Å². The lowest BCUT2D eigenvalue weighted by Crippen LogP contribution is -2.22. The van der Waals surface area contributed by atoms with Crippen LogP contribution in [0.1, 0.15) is 43.3 Å². The summed E-state index contributed by atoms with van der Waals surface area (Å²) in [5.74, 6) is 0.785. The third kappa shape index (κ3) is 4.57. The van der Waals surface area contributed by atoms with Crippen LogP contribution in [0.15, 0.2) is 29.6 Å². The van der Waals surface area contributed by atoms with E-state index in [2.05, 4.69) is 30.3 Å². The highest BCUT2D eigenvalue weighted by atomic mass is 32.1. The molecule has 0 fully saturated rings. The summed E-state index contributed by atoms with van der Waals surface area (Å²) in [6, 6.07) is 8.05. The normalized spacial score (nSPS) is 10.9. The maximum Gasteiger partial charge on any atom is 0.261 e. The van der Waals surface area contributed by atoms with Gasteiger partial charge in [0.15, 0.2) is 0 Å². The van der Waals surface area contributed by atoms with Gasteiger partial charge in [-0.2, -0.15) is 5.10 Å². The lowest BCUT2D eigenvalue weighted by Gasteiger charge is -2.07. The second-order valence-electron chi connectivity index (χ2n) is 6.89. The van der Waals surface area contributed by atoms with Crippen molar-refractivity contribution in [3.63, 3.8) is 0 Å². The number of benzene rings is 1. The summed E-state index contributed by atoms with van der Waals surface area (Å²) in [7, 11) is 1.91. The Morgan fingerprint density at radius 3 is 2.48 bits per heavy atom. The van der Waals surface area contributed by atoms with Crippen LogP contribution in [-0.4, -0.2) is 15.7 Å². The molecule has 0 aliphatic rings. The number of amides is 1. The Bertz CT molecular complexity index is 952. The van der Waals surface area contributed by atoms with Gasteiger partial charge in [0, 0.05) is 30.4 Å². The van der Waals surface area contributed by atoms with Crippen LogP contribution >= 0.6 is 11.3 Å². The predicted molar refractivity (Wildman–Crippen MR) is 108 cm³/mol. The number of ether oxygens (including phenoxy) is 1. The van der Waals surface area contributed by atoms with Gasteiger partial charge in [0.1, 0.15) is 12.4 Å². The monoisotopic (exact) mass is 383 g/mol. The summed E-state index contributed by atoms with van der Waals surface area (Å²) in [5.41, 5.74) is 6.44. The Hall–Kier alpha value is -2.60. The van der Waals surface area contributed by atoms with Crippen molar-refractivity contribution in [2.24, 2.45) is 7.05 Å². The maximum absolute atomic E-state index is 12.5. The van der Waals surface area contributed by atoms with Gasteiger partial charge in [-0.3, -0.25) is 9.48 Å². The third-order valence-electron chi connectivity index (χ3n) is 4.56. The second kappa shape index (κ2) is 7.96. The van der Waals surface area contributed by atoms with Crippen molar-refractivity contribution in [3.05, 3.63) is 68.2 Å². The van der Waals surface area contributed by atoms with Crippen LogP contribution in [0.25, 0.3) is 0 Å². The van der Waals surface area contributed by atoms with E-state index in [1.54, 1.807) is 0 Å². The highest BCUT2D eigenvalue weighted by molar-refractivity contribution is 7.12. The van der Waals surface area contributed by atoms with Gasteiger partial charge < -0.3 is 10.1 Å². The molecule has 2 aromatic heterocycles. The summed E-state index contributed by atoms with van der Waals surface area (Å²) >= 11 is 1.43. The largest absolute Gasteiger partial charge is 0.489 e. The average Bonchev–Trinajstić information content (AvgIpc) is 3.16. The molecular weight excluding hydrogens is 358 g/mol. The number of nitrogens with zero attached hydrogens (tertiary/aromatic N) is 2. The van der Waals surface area contributed by atoms with Crippen LogP contribution in [0.4, 0.5) is 0 Å². The van der Waals surface area contributed by atoms with Gasteiger partial charge in [-0.05, 0) is 62.4 Å². The van der Waals surface area contributed by atoms with E-state index in [-0.39, 0.29) is 5.91 Å². The minimum absolute atomic E-state index is 0.0692. The standard InChI is InChI=1S/C21H25N3O2S/c1-13-6-14(2)8-18(7-13)26-11-17-9-20(27-12-17)21(25)22-10-19-15(3)23-24(5)16(19)4/h6-9,12H,10-11H2,1-5H3,(H,22,25). The van der Waals surface area contributed by atoms with Crippen LogP contribution in [0.3, 0.4) is 0 Å². The molecule has 0 spiro atoms. The molecule has 1 amide bonds. The molecule has 0 radical (unpaired) electrons. The van der Waals surface area contributed by atoms with Crippen molar-refractivity contribution in [1.82, 2.24) is 15.1 Å². The fourth-order valence-electron chi connectivity index (χ4n) is 3.08. The molecule has 0 aliphatic heterocycles. The van der Waals surface area contributed by atoms with E-state index in [1.807, 2.05) is 49.2 Å². The SMILES string of the molecule is Cc1cc(C)cc(OCc2csc(C(=O)NCc3c(C)nn(C)c3C)c2)c1. The molecule has 27 heavy (non-hydrogen) atoms. The quantitative estimate of drug-likeness (QED) is 0.693. The Labute approximate surface area is 164 Å². The van der Waals surface area contributed by atoms with E-state index in [0.29, 0.717) is 18.0 Å². The Morgan fingerprint density at radius 1 is 1.15 bits per heavy atom. The Kier molecular flexibility index (Phi) is 5.65. The van der Waals surface area contributed by atoms with Crippen molar-refractivity contribution in [3.8, 4) is 5.75 Å². The van der Waals surface area contributed by atoms with E-state index in [1.165, 1.54) is 22.5 Å². The van der Waals surface area contributed by atoms with Crippen LogP contribution in [0, 0.1) is 27.7 Å². The first-order valence-corrected chi connectivity index (χ1v) is 9.77. The molecule has 1 aromatic carbocycles. The number of hydrogen-bond donors (Lipinski definition) is 1. The minimum Gasteiger partial charge on any atom is -0.489 e. The van der Waals surface area contributed by atoms with E-state index in [4.69, 9.17) is 4.74 Å². The molecule has 1 N–H and O–H groups in total. The van der Waals surface area contributed by atoms with Crippen LogP contribution in [-0.2, 0) is 20.2 Å². The minimum atomic E-state index is -0.0692. The van der Waals surface area contributed by atoms with Crippen molar-refractivity contribution in [2.75, 3.05) is 0 Å². The molecule has 0 unspecified atom stereocenters. The number of aromatic nitrogens is 2. The fourth-order valence-corrected chi connectivity index (χ4v) is 3.90. The fraction of sp³-hybridized carbons (Fsp3) is 0.333. The van der Waals surface area contributed by atoms with E-state index < -0.39 is 0 Å².